The van der Waals surface area contributed by atoms with E-state index in [1.165, 1.54) is 54.4 Å². The Morgan fingerprint density at radius 1 is 0.963 bits per heavy atom. The molecule has 0 radical (unpaired) electrons. The lowest BCUT2D eigenvalue weighted by Crippen LogP contribution is -2.24. The Labute approximate surface area is 162 Å². The van der Waals surface area contributed by atoms with Gasteiger partial charge >= 0.3 is 0 Å². The summed E-state index contributed by atoms with van der Waals surface area (Å²) >= 11 is 0. The number of nitrogens with one attached hydrogen (secondary N) is 2. The third kappa shape index (κ3) is 4.98. The molecule has 1 aliphatic carbocycles. The molecule has 1 saturated heterocycles. The molecule has 27 heavy (non-hydrogen) atoms. The second kappa shape index (κ2) is 8.71. The zero-order valence-corrected chi connectivity index (χ0v) is 16.1. The number of hydrogen-bond acceptors (Lipinski definition) is 2. The molecule has 3 heteroatoms. The summed E-state index contributed by atoms with van der Waals surface area (Å²) in [4.78, 5) is 12.3. The van der Waals surface area contributed by atoms with Crippen molar-refractivity contribution in [2.45, 2.75) is 51.5 Å². The van der Waals surface area contributed by atoms with Crippen molar-refractivity contribution in [3.05, 3.63) is 70.3 Å². The number of carbonyl (C=O) groups is 1. The van der Waals surface area contributed by atoms with E-state index in [2.05, 4.69) is 53.1 Å². The van der Waals surface area contributed by atoms with Crippen molar-refractivity contribution >= 4 is 5.91 Å². The van der Waals surface area contributed by atoms with Gasteiger partial charge in [-0.25, -0.2) is 0 Å². The first-order valence-corrected chi connectivity index (χ1v) is 10.4. The van der Waals surface area contributed by atoms with Gasteiger partial charge in [0.25, 0.3) is 0 Å². The van der Waals surface area contributed by atoms with Gasteiger partial charge in [0.05, 0.1) is 6.42 Å². The van der Waals surface area contributed by atoms with Crippen molar-refractivity contribution in [3.63, 3.8) is 0 Å². The lowest BCUT2D eigenvalue weighted by molar-refractivity contribution is -0.120. The van der Waals surface area contributed by atoms with Gasteiger partial charge in [0.2, 0.25) is 5.91 Å². The molecule has 142 valence electrons. The molecule has 1 amide bonds. The van der Waals surface area contributed by atoms with Crippen LogP contribution in [0.1, 0.15) is 47.1 Å². The summed E-state index contributed by atoms with van der Waals surface area (Å²) in [5.41, 5.74) is 6.64. The predicted molar refractivity (Wildman–Crippen MR) is 110 cm³/mol. The Morgan fingerprint density at radius 3 is 2.48 bits per heavy atom. The van der Waals surface area contributed by atoms with Gasteiger partial charge in [-0.3, -0.25) is 4.79 Å². The number of benzene rings is 2. The van der Waals surface area contributed by atoms with Crippen LogP contribution in [-0.2, 0) is 37.0 Å². The molecule has 0 aromatic heterocycles. The summed E-state index contributed by atoms with van der Waals surface area (Å²) in [7, 11) is 0. The minimum atomic E-state index is 0.0977. The first kappa shape index (κ1) is 18.2. The molecule has 1 heterocycles. The zero-order chi connectivity index (χ0) is 18.5. The highest BCUT2D eigenvalue weighted by Gasteiger charge is 2.15. The average Bonchev–Trinajstić information content (AvgIpc) is 3.21. The molecule has 0 spiro atoms. The maximum absolute atomic E-state index is 12.3. The molecule has 1 aliphatic heterocycles. The van der Waals surface area contributed by atoms with E-state index in [0.717, 1.165) is 31.0 Å². The number of carbonyl (C=O) groups excluding carboxylic acids is 1. The molecule has 3 nitrogen and oxygen atoms in total. The third-order valence-corrected chi connectivity index (χ3v) is 5.98. The van der Waals surface area contributed by atoms with Crippen LogP contribution >= 0.6 is 0 Å². The van der Waals surface area contributed by atoms with E-state index in [0.29, 0.717) is 13.0 Å². The van der Waals surface area contributed by atoms with Crippen LogP contribution in [0.4, 0.5) is 0 Å². The van der Waals surface area contributed by atoms with Crippen LogP contribution in [0.5, 0.6) is 0 Å². The molecule has 1 fully saturated rings. The molecule has 2 aromatic carbocycles. The normalized spacial score (nSPS) is 18.9. The maximum atomic E-state index is 12.3. The van der Waals surface area contributed by atoms with Crippen LogP contribution in [0.25, 0.3) is 0 Å². The van der Waals surface area contributed by atoms with Crippen molar-refractivity contribution in [1.29, 1.82) is 0 Å². The molecule has 2 aliphatic rings. The Morgan fingerprint density at radius 2 is 1.70 bits per heavy atom. The fourth-order valence-corrected chi connectivity index (χ4v) is 4.36. The van der Waals surface area contributed by atoms with Crippen molar-refractivity contribution < 1.29 is 4.79 Å². The van der Waals surface area contributed by atoms with Crippen molar-refractivity contribution in [1.82, 2.24) is 10.6 Å². The van der Waals surface area contributed by atoms with E-state index < -0.39 is 0 Å². The predicted octanol–water partition coefficient (Wildman–Crippen LogP) is 3.58. The van der Waals surface area contributed by atoms with Crippen molar-refractivity contribution in [2.75, 3.05) is 13.1 Å². The van der Waals surface area contributed by atoms with E-state index in [-0.39, 0.29) is 5.91 Å². The van der Waals surface area contributed by atoms with E-state index >= 15 is 0 Å². The smallest absolute Gasteiger partial charge is 0.224 e. The zero-order valence-electron chi connectivity index (χ0n) is 16.1. The van der Waals surface area contributed by atoms with Crippen LogP contribution in [0.3, 0.4) is 0 Å². The van der Waals surface area contributed by atoms with Gasteiger partial charge in [-0.05, 0) is 85.3 Å². The van der Waals surface area contributed by atoms with Gasteiger partial charge in [-0.15, -0.1) is 0 Å². The Balaban J connectivity index is 1.26. The first-order chi connectivity index (χ1) is 13.3. The topological polar surface area (TPSA) is 41.1 Å². The Hall–Kier alpha value is -2.13. The largest absolute Gasteiger partial charge is 0.352 e. The van der Waals surface area contributed by atoms with E-state index in [4.69, 9.17) is 0 Å². The average molecular weight is 363 g/mol. The maximum Gasteiger partial charge on any atom is 0.224 e. The van der Waals surface area contributed by atoms with Gasteiger partial charge in [-0.2, -0.15) is 0 Å². The molecule has 4 rings (SSSR count). The highest BCUT2D eigenvalue weighted by molar-refractivity contribution is 5.78. The minimum Gasteiger partial charge on any atom is -0.352 e. The molecule has 0 saturated carbocycles. The van der Waals surface area contributed by atoms with E-state index in [1.54, 1.807) is 0 Å². The lowest BCUT2D eigenvalue weighted by atomic mass is 9.90. The van der Waals surface area contributed by atoms with Crippen LogP contribution in [-0.4, -0.2) is 19.0 Å². The van der Waals surface area contributed by atoms with Crippen LogP contribution < -0.4 is 10.6 Å². The highest BCUT2D eigenvalue weighted by atomic mass is 16.1. The SMILES string of the molecule is O=C(Cc1ccc(CC2CCNC2)cc1)NCc1ccc2c(c1)CCCC2. The molecule has 1 unspecified atom stereocenters. The summed E-state index contributed by atoms with van der Waals surface area (Å²) < 4.78 is 0. The van der Waals surface area contributed by atoms with Crippen molar-refractivity contribution in [3.8, 4) is 0 Å². The number of rotatable bonds is 6. The molecular weight excluding hydrogens is 332 g/mol. The van der Waals surface area contributed by atoms with Gasteiger partial charge < -0.3 is 10.6 Å². The van der Waals surface area contributed by atoms with Gasteiger partial charge in [0.1, 0.15) is 0 Å². The van der Waals surface area contributed by atoms with Gasteiger partial charge in [0, 0.05) is 6.54 Å². The summed E-state index contributed by atoms with van der Waals surface area (Å²) in [5.74, 6) is 0.858. The number of fused-ring (bicyclic) bond motifs is 1. The minimum absolute atomic E-state index is 0.0977. The molecule has 1 atom stereocenters. The molecule has 0 bridgehead atoms. The fourth-order valence-electron chi connectivity index (χ4n) is 4.36. The lowest BCUT2D eigenvalue weighted by Gasteiger charge is -2.16. The number of aryl methyl sites for hydroxylation is 2. The summed E-state index contributed by atoms with van der Waals surface area (Å²) in [5, 5.41) is 6.50. The highest BCUT2D eigenvalue weighted by Crippen LogP contribution is 2.22. The summed E-state index contributed by atoms with van der Waals surface area (Å²) in [6.07, 6.45) is 7.84. The van der Waals surface area contributed by atoms with Gasteiger partial charge in [-0.1, -0.05) is 42.5 Å². The number of amides is 1. The monoisotopic (exact) mass is 362 g/mol. The molecular formula is C24H30N2O. The fraction of sp³-hybridized carbons (Fsp3) is 0.458. The van der Waals surface area contributed by atoms with Crippen molar-refractivity contribution in [2.24, 2.45) is 5.92 Å². The standard InChI is InChI=1S/C24H30N2O/c27-24(26-17-20-9-10-22-3-1-2-4-23(22)14-20)15-19-7-5-18(6-8-19)13-21-11-12-25-16-21/h5-10,14,21,25H,1-4,11-13,15-17H2,(H,26,27). The summed E-state index contributed by atoms with van der Waals surface area (Å²) in [6.45, 7) is 2.90. The third-order valence-electron chi connectivity index (χ3n) is 5.98. The quantitative estimate of drug-likeness (QED) is 0.825. The second-order valence-corrected chi connectivity index (χ2v) is 8.14. The first-order valence-electron chi connectivity index (χ1n) is 10.4. The second-order valence-electron chi connectivity index (χ2n) is 8.14. The van der Waals surface area contributed by atoms with Crippen LogP contribution in [0.2, 0.25) is 0 Å². The van der Waals surface area contributed by atoms with Gasteiger partial charge in [0.15, 0.2) is 0 Å². The Kier molecular flexibility index (Phi) is 5.88. The summed E-state index contributed by atoms with van der Waals surface area (Å²) in [6, 6.07) is 15.3. The molecule has 2 aromatic rings. The Bertz CT molecular complexity index is 775. The van der Waals surface area contributed by atoms with E-state index in [1.807, 2.05) is 0 Å². The van der Waals surface area contributed by atoms with Crippen LogP contribution in [0.15, 0.2) is 42.5 Å². The van der Waals surface area contributed by atoms with E-state index in [9.17, 15) is 4.79 Å². The number of hydrogen-bond donors (Lipinski definition) is 2. The van der Waals surface area contributed by atoms with Crippen LogP contribution in [0, 0.1) is 5.92 Å². The molecule has 2 N–H and O–H groups in total.